The maximum Gasteiger partial charge on any atom is 0.243 e. The van der Waals surface area contributed by atoms with Crippen molar-refractivity contribution in [1.82, 2.24) is 9.21 Å². The van der Waals surface area contributed by atoms with E-state index in [4.69, 9.17) is 9.47 Å². The van der Waals surface area contributed by atoms with E-state index >= 15 is 0 Å². The number of hydrogen-bond donors (Lipinski definition) is 0. The Kier molecular flexibility index (Phi) is 6.42. The second-order valence-electron chi connectivity index (χ2n) is 7.23. The summed E-state index contributed by atoms with van der Waals surface area (Å²) in [4.78, 5) is 2.82. The van der Waals surface area contributed by atoms with Crippen LogP contribution in [-0.4, -0.2) is 64.6 Å². The van der Waals surface area contributed by atoms with Crippen LogP contribution in [0.25, 0.3) is 0 Å². The number of nitrogens with zero attached hydrogens (tertiary/aromatic N) is 2. The van der Waals surface area contributed by atoms with E-state index in [-0.39, 0.29) is 4.90 Å². The molecule has 3 rings (SSSR count). The molecule has 2 aliphatic heterocycles. The van der Waals surface area contributed by atoms with Crippen molar-refractivity contribution < 1.29 is 17.9 Å². The van der Waals surface area contributed by atoms with Gasteiger partial charge in [0.1, 0.15) is 0 Å². The van der Waals surface area contributed by atoms with Crippen LogP contribution >= 0.6 is 0 Å². The van der Waals surface area contributed by atoms with Crippen LogP contribution in [0.4, 0.5) is 0 Å². The van der Waals surface area contributed by atoms with Gasteiger partial charge < -0.3 is 14.4 Å². The lowest BCUT2D eigenvalue weighted by molar-refractivity contribution is 0.161. The Hall–Kier alpha value is -1.31. The summed E-state index contributed by atoms with van der Waals surface area (Å²) in [6.07, 6.45) is 5.81. The van der Waals surface area contributed by atoms with Gasteiger partial charge in [0, 0.05) is 25.7 Å². The van der Waals surface area contributed by atoms with E-state index < -0.39 is 10.0 Å². The first-order valence-corrected chi connectivity index (χ1v) is 10.9. The summed E-state index contributed by atoms with van der Waals surface area (Å²) in [7, 11) is -0.437. The van der Waals surface area contributed by atoms with Crippen LogP contribution in [0.1, 0.15) is 32.1 Å². The van der Waals surface area contributed by atoms with Crippen LogP contribution in [-0.2, 0) is 10.0 Å². The molecule has 1 aromatic carbocycles. The minimum atomic E-state index is -3.49. The van der Waals surface area contributed by atoms with Gasteiger partial charge in [-0.25, -0.2) is 8.42 Å². The van der Waals surface area contributed by atoms with E-state index in [1.165, 1.54) is 39.5 Å². The molecule has 0 saturated carbocycles. The molecule has 0 aromatic heterocycles. The van der Waals surface area contributed by atoms with Gasteiger partial charge in [-0.05, 0) is 56.8 Å². The summed E-state index contributed by atoms with van der Waals surface area (Å²) in [5.74, 6) is 1.57. The minimum absolute atomic E-state index is 0.268. The van der Waals surface area contributed by atoms with Crippen molar-refractivity contribution in [3.8, 4) is 11.5 Å². The van der Waals surface area contributed by atoms with Crippen LogP contribution in [0.5, 0.6) is 11.5 Å². The fraction of sp³-hybridized carbons (Fsp3) is 0.684. The highest BCUT2D eigenvalue weighted by Gasteiger charge is 2.30. The zero-order valence-electron chi connectivity index (χ0n) is 15.8. The van der Waals surface area contributed by atoms with Crippen molar-refractivity contribution >= 4 is 10.0 Å². The topological polar surface area (TPSA) is 59.1 Å². The average molecular weight is 383 g/mol. The SMILES string of the molecule is COc1ccc(S(=O)(=O)N2CCC(CN3CCCCC3)CC2)cc1OC. The molecule has 2 fully saturated rings. The van der Waals surface area contributed by atoms with Crippen LogP contribution in [0.2, 0.25) is 0 Å². The molecule has 0 spiro atoms. The highest BCUT2D eigenvalue weighted by molar-refractivity contribution is 7.89. The Morgan fingerprint density at radius 2 is 1.62 bits per heavy atom. The van der Waals surface area contributed by atoms with Gasteiger partial charge in [-0.1, -0.05) is 6.42 Å². The van der Waals surface area contributed by atoms with Crippen molar-refractivity contribution in [1.29, 1.82) is 0 Å². The van der Waals surface area contributed by atoms with E-state index in [0.29, 0.717) is 30.5 Å². The molecule has 0 bridgehead atoms. The second-order valence-corrected chi connectivity index (χ2v) is 9.16. The zero-order chi connectivity index (χ0) is 18.6. The van der Waals surface area contributed by atoms with Gasteiger partial charge in [0.25, 0.3) is 0 Å². The summed E-state index contributed by atoms with van der Waals surface area (Å²) in [6, 6.07) is 4.79. The fourth-order valence-electron chi connectivity index (χ4n) is 3.97. The molecule has 146 valence electrons. The lowest BCUT2D eigenvalue weighted by atomic mass is 9.96. The Bertz CT molecular complexity index is 693. The predicted molar refractivity (Wildman–Crippen MR) is 101 cm³/mol. The molecular formula is C19H30N2O4S. The third kappa shape index (κ3) is 4.32. The molecule has 2 aliphatic rings. The Morgan fingerprint density at radius 1 is 0.962 bits per heavy atom. The van der Waals surface area contributed by atoms with E-state index in [1.807, 2.05) is 0 Å². The highest BCUT2D eigenvalue weighted by atomic mass is 32.2. The monoisotopic (exact) mass is 382 g/mol. The Morgan fingerprint density at radius 3 is 2.23 bits per heavy atom. The van der Waals surface area contributed by atoms with E-state index in [9.17, 15) is 8.42 Å². The largest absolute Gasteiger partial charge is 0.493 e. The smallest absolute Gasteiger partial charge is 0.243 e. The van der Waals surface area contributed by atoms with Crippen molar-refractivity contribution in [2.45, 2.75) is 37.0 Å². The number of piperidine rings is 2. The van der Waals surface area contributed by atoms with Gasteiger partial charge in [0.05, 0.1) is 19.1 Å². The molecule has 0 amide bonds. The van der Waals surface area contributed by atoms with Gasteiger partial charge in [-0.15, -0.1) is 0 Å². The number of methoxy groups -OCH3 is 2. The lowest BCUT2D eigenvalue weighted by Gasteiger charge is -2.35. The lowest BCUT2D eigenvalue weighted by Crippen LogP contribution is -2.42. The molecule has 0 unspecified atom stereocenters. The summed E-state index contributed by atoms with van der Waals surface area (Å²) in [5.41, 5.74) is 0. The highest BCUT2D eigenvalue weighted by Crippen LogP contribution is 2.32. The van der Waals surface area contributed by atoms with Crippen molar-refractivity contribution in [2.24, 2.45) is 5.92 Å². The van der Waals surface area contributed by atoms with Gasteiger partial charge in [-0.2, -0.15) is 4.31 Å². The number of rotatable bonds is 6. The van der Waals surface area contributed by atoms with E-state index in [0.717, 1.165) is 19.4 Å². The van der Waals surface area contributed by atoms with Gasteiger partial charge in [0.15, 0.2) is 11.5 Å². The molecule has 7 heteroatoms. The quantitative estimate of drug-likeness (QED) is 0.757. The number of likely N-dealkylation sites (tertiary alicyclic amines) is 1. The van der Waals surface area contributed by atoms with Gasteiger partial charge in [-0.3, -0.25) is 0 Å². The first kappa shape index (κ1) is 19.5. The number of ether oxygens (including phenoxy) is 2. The summed E-state index contributed by atoms with van der Waals surface area (Å²) in [5, 5.41) is 0. The van der Waals surface area contributed by atoms with Crippen molar-refractivity contribution in [3.63, 3.8) is 0 Å². The molecule has 2 heterocycles. The normalized spacial score (nSPS) is 20.8. The van der Waals surface area contributed by atoms with Gasteiger partial charge in [0.2, 0.25) is 10.0 Å². The van der Waals surface area contributed by atoms with E-state index in [2.05, 4.69) is 4.90 Å². The van der Waals surface area contributed by atoms with E-state index in [1.54, 1.807) is 29.6 Å². The van der Waals surface area contributed by atoms with Crippen molar-refractivity contribution in [2.75, 3.05) is 46.9 Å². The molecule has 0 N–H and O–H groups in total. The molecular weight excluding hydrogens is 352 g/mol. The molecule has 0 aliphatic carbocycles. The maximum absolute atomic E-state index is 13.0. The van der Waals surface area contributed by atoms with Crippen LogP contribution in [0, 0.1) is 5.92 Å². The molecule has 2 saturated heterocycles. The first-order chi connectivity index (χ1) is 12.5. The van der Waals surface area contributed by atoms with Crippen LogP contribution in [0.15, 0.2) is 23.1 Å². The Labute approximate surface area is 157 Å². The number of hydrogen-bond acceptors (Lipinski definition) is 5. The second kappa shape index (κ2) is 8.59. The fourth-order valence-corrected chi connectivity index (χ4v) is 5.45. The summed E-state index contributed by atoms with van der Waals surface area (Å²) in [6.45, 7) is 4.70. The average Bonchev–Trinajstić information content (AvgIpc) is 2.68. The Balaban J connectivity index is 1.62. The summed E-state index contributed by atoms with van der Waals surface area (Å²) < 4.78 is 38.0. The number of sulfonamides is 1. The maximum atomic E-state index is 13.0. The van der Waals surface area contributed by atoms with Gasteiger partial charge >= 0.3 is 0 Å². The predicted octanol–water partition coefficient (Wildman–Crippen LogP) is 2.59. The first-order valence-electron chi connectivity index (χ1n) is 9.49. The molecule has 0 atom stereocenters. The van der Waals surface area contributed by atoms with Crippen molar-refractivity contribution in [3.05, 3.63) is 18.2 Å². The molecule has 0 radical (unpaired) electrons. The number of benzene rings is 1. The molecule has 26 heavy (non-hydrogen) atoms. The standard InChI is InChI=1S/C19H30N2O4S/c1-24-18-7-6-17(14-19(18)25-2)26(22,23)21-12-8-16(9-13-21)15-20-10-4-3-5-11-20/h6-7,14,16H,3-5,8-13,15H2,1-2H3. The summed E-state index contributed by atoms with van der Waals surface area (Å²) >= 11 is 0. The third-order valence-corrected chi connectivity index (χ3v) is 7.43. The van der Waals surface area contributed by atoms with Crippen LogP contribution in [0.3, 0.4) is 0 Å². The third-order valence-electron chi connectivity index (χ3n) is 5.53. The van der Waals surface area contributed by atoms with Crippen LogP contribution < -0.4 is 9.47 Å². The minimum Gasteiger partial charge on any atom is -0.493 e. The zero-order valence-corrected chi connectivity index (χ0v) is 16.6. The molecule has 1 aromatic rings. The molecule has 6 nitrogen and oxygen atoms in total.